The molecule has 1 aromatic carbocycles. The van der Waals surface area contributed by atoms with Crippen LogP contribution in [0.1, 0.15) is 43.0 Å². The Labute approximate surface area is 112 Å². The van der Waals surface area contributed by atoms with Crippen LogP contribution in [0.5, 0.6) is 0 Å². The fourth-order valence-electron chi connectivity index (χ4n) is 2.62. The third-order valence-corrected chi connectivity index (χ3v) is 3.71. The topological polar surface area (TPSA) is 66.6 Å². The number of carboxylic acids is 1. The monoisotopic (exact) mass is 266 g/mol. The summed E-state index contributed by atoms with van der Waals surface area (Å²) in [6.45, 7) is 2.79. The fourth-order valence-corrected chi connectivity index (χ4v) is 2.62. The van der Waals surface area contributed by atoms with Crippen LogP contribution in [0.2, 0.25) is 0 Å². The van der Waals surface area contributed by atoms with Crippen molar-refractivity contribution in [3.8, 4) is 0 Å². The van der Waals surface area contributed by atoms with Crippen molar-refractivity contribution in [2.24, 2.45) is 0 Å². The van der Waals surface area contributed by atoms with E-state index >= 15 is 0 Å². The van der Waals surface area contributed by atoms with Crippen molar-refractivity contribution < 1.29 is 14.3 Å². The molecule has 0 radical (unpaired) electrons. The Hall–Kier alpha value is -1.78. The van der Waals surface area contributed by atoms with E-state index in [0.717, 1.165) is 38.3 Å². The first-order chi connectivity index (χ1) is 9.00. The number of carboxylic acid groups (broad SMARTS) is 1. The van der Waals surface area contributed by atoms with Crippen LogP contribution in [-0.2, 0) is 0 Å². The quantitative estimate of drug-likeness (QED) is 0.808. The lowest BCUT2D eigenvalue weighted by molar-refractivity contribution is 0.0698. The van der Waals surface area contributed by atoms with E-state index < -0.39 is 11.8 Å². The maximum absolute atomic E-state index is 14.1. The predicted octanol–water partition coefficient (Wildman–Crippen LogP) is 2.88. The molecule has 1 fully saturated rings. The van der Waals surface area contributed by atoms with Gasteiger partial charge in [-0.3, -0.25) is 0 Å². The molecule has 104 valence electrons. The van der Waals surface area contributed by atoms with Crippen LogP contribution in [0, 0.1) is 5.82 Å². The third kappa shape index (κ3) is 2.80. The predicted molar refractivity (Wildman–Crippen MR) is 73.0 cm³/mol. The molecule has 0 saturated carbocycles. The van der Waals surface area contributed by atoms with E-state index in [4.69, 9.17) is 10.8 Å². The van der Waals surface area contributed by atoms with Crippen LogP contribution in [0.3, 0.4) is 0 Å². The lowest BCUT2D eigenvalue weighted by Crippen LogP contribution is -2.33. The summed E-state index contributed by atoms with van der Waals surface area (Å²) < 4.78 is 14.1. The molecular weight excluding hydrogens is 247 g/mol. The summed E-state index contributed by atoms with van der Waals surface area (Å²) in [4.78, 5) is 13.0. The molecule has 3 N–H and O–H groups in total. The molecule has 1 aliphatic heterocycles. The number of rotatable bonds is 2. The van der Waals surface area contributed by atoms with Crippen LogP contribution < -0.4 is 10.6 Å². The van der Waals surface area contributed by atoms with Crippen LogP contribution in [0.25, 0.3) is 0 Å². The van der Waals surface area contributed by atoms with Gasteiger partial charge in [0.05, 0.1) is 11.3 Å². The second-order valence-electron chi connectivity index (χ2n) is 5.09. The minimum absolute atomic E-state index is 0.0313. The van der Waals surface area contributed by atoms with Gasteiger partial charge in [0, 0.05) is 18.3 Å². The first-order valence-electron chi connectivity index (χ1n) is 6.59. The highest BCUT2D eigenvalue weighted by Crippen LogP contribution is 2.30. The zero-order chi connectivity index (χ0) is 14.0. The zero-order valence-corrected chi connectivity index (χ0v) is 11.0. The summed E-state index contributed by atoms with van der Waals surface area (Å²) in [6, 6.07) is 2.67. The molecule has 1 heterocycles. The van der Waals surface area contributed by atoms with E-state index in [1.54, 1.807) is 0 Å². The van der Waals surface area contributed by atoms with E-state index in [2.05, 4.69) is 0 Å². The fraction of sp³-hybridized carbons (Fsp3) is 0.500. The molecule has 0 bridgehead atoms. The molecule has 0 spiro atoms. The number of nitrogens with zero attached hydrogens (tertiary/aromatic N) is 1. The Morgan fingerprint density at radius 3 is 2.84 bits per heavy atom. The average Bonchev–Trinajstić information content (AvgIpc) is 2.54. The summed E-state index contributed by atoms with van der Waals surface area (Å²) in [5, 5.41) is 9.08. The van der Waals surface area contributed by atoms with Gasteiger partial charge in [-0.15, -0.1) is 0 Å². The first-order valence-corrected chi connectivity index (χ1v) is 6.59. The average molecular weight is 266 g/mol. The van der Waals surface area contributed by atoms with Crippen LogP contribution in [0.15, 0.2) is 12.1 Å². The Kier molecular flexibility index (Phi) is 3.93. The zero-order valence-electron chi connectivity index (χ0n) is 11.0. The van der Waals surface area contributed by atoms with Crippen molar-refractivity contribution in [2.45, 2.75) is 38.6 Å². The van der Waals surface area contributed by atoms with Crippen LogP contribution >= 0.6 is 0 Å². The summed E-state index contributed by atoms with van der Waals surface area (Å²) in [5.74, 6) is -1.57. The molecule has 19 heavy (non-hydrogen) atoms. The van der Waals surface area contributed by atoms with E-state index in [-0.39, 0.29) is 17.3 Å². The number of aromatic carboxylic acids is 1. The molecule has 1 unspecified atom stereocenters. The van der Waals surface area contributed by atoms with Crippen molar-refractivity contribution in [1.82, 2.24) is 0 Å². The molecule has 0 aliphatic carbocycles. The molecule has 4 nitrogen and oxygen atoms in total. The molecule has 1 saturated heterocycles. The van der Waals surface area contributed by atoms with Gasteiger partial charge in [0.1, 0.15) is 5.82 Å². The highest BCUT2D eigenvalue weighted by atomic mass is 19.1. The van der Waals surface area contributed by atoms with Crippen molar-refractivity contribution in [3.63, 3.8) is 0 Å². The Morgan fingerprint density at radius 1 is 1.42 bits per heavy atom. The smallest absolute Gasteiger partial charge is 0.337 e. The second-order valence-corrected chi connectivity index (χ2v) is 5.09. The van der Waals surface area contributed by atoms with Crippen molar-refractivity contribution in [2.75, 3.05) is 17.2 Å². The number of nitrogen functional groups attached to an aromatic ring is 1. The number of benzene rings is 1. The molecule has 5 heteroatoms. The summed E-state index contributed by atoms with van der Waals surface area (Å²) in [6.07, 6.45) is 4.24. The number of nitrogens with two attached hydrogens (primary N) is 1. The minimum Gasteiger partial charge on any atom is -0.478 e. The SMILES string of the molecule is CC1CCCCCN1c1cc(C(=O)O)c(N)cc1F. The molecule has 1 atom stereocenters. The minimum atomic E-state index is -1.12. The van der Waals surface area contributed by atoms with Crippen molar-refractivity contribution in [1.29, 1.82) is 0 Å². The number of halogens is 1. The normalized spacial score (nSPS) is 20.1. The van der Waals surface area contributed by atoms with E-state index in [9.17, 15) is 9.18 Å². The van der Waals surface area contributed by atoms with Gasteiger partial charge in [0.2, 0.25) is 0 Å². The van der Waals surface area contributed by atoms with Gasteiger partial charge in [-0.05, 0) is 31.9 Å². The van der Waals surface area contributed by atoms with E-state index in [1.165, 1.54) is 6.07 Å². The van der Waals surface area contributed by atoms with Gasteiger partial charge in [-0.2, -0.15) is 0 Å². The van der Waals surface area contributed by atoms with Gasteiger partial charge >= 0.3 is 5.97 Å². The lowest BCUT2D eigenvalue weighted by atomic mass is 10.1. The van der Waals surface area contributed by atoms with Gasteiger partial charge in [-0.25, -0.2) is 9.18 Å². The molecule has 2 rings (SSSR count). The maximum Gasteiger partial charge on any atom is 0.337 e. The van der Waals surface area contributed by atoms with E-state index in [0.29, 0.717) is 5.69 Å². The maximum atomic E-state index is 14.1. The Balaban J connectivity index is 2.42. The number of hydrogen-bond acceptors (Lipinski definition) is 3. The number of anilines is 2. The second kappa shape index (κ2) is 5.47. The van der Waals surface area contributed by atoms with Crippen molar-refractivity contribution >= 4 is 17.3 Å². The summed E-state index contributed by atoms with van der Waals surface area (Å²) in [7, 11) is 0. The van der Waals surface area contributed by atoms with Gasteiger partial charge in [-0.1, -0.05) is 12.8 Å². The van der Waals surface area contributed by atoms with Gasteiger partial charge < -0.3 is 15.7 Å². The molecule has 0 amide bonds. The summed E-state index contributed by atoms with van der Waals surface area (Å²) in [5.41, 5.74) is 5.83. The highest BCUT2D eigenvalue weighted by molar-refractivity contribution is 5.95. The third-order valence-electron chi connectivity index (χ3n) is 3.71. The molecular formula is C14H19FN2O2. The lowest BCUT2D eigenvalue weighted by Gasteiger charge is -2.30. The highest BCUT2D eigenvalue weighted by Gasteiger charge is 2.22. The standard InChI is InChI=1S/C14H19FN2O2/c1-9-5-3-2-4-6-17(9)13-7-10(14(18)19)12(16)8-11(13)15/h7-9H,2-6,16H2,1H3,(H,18,19). The molecule has 1 aromatic rings. The van der Waals surface area contributed by atoms with Crippen molar-refractivity contribution in [3.05, 3.63) is 23.5 Å². The number of carbonyl (C=O) groups is 1. The summed E-state index contributed by atoms with van der Waals surface area (Å²) >= 11 is 0. The van der Waals surface area contributed by atoms with E-state index in [1.807, 2.05) is 11.8 Å². The largest absolute Gasteiger partial charge is 0.478 e. The van der Waals surface area contributed by atoms with Crippen LogP contribution in [0.4, 0.5) is 15.8 Å². The Morgan fingerprint density at radius 2 is 2.16 bits per heavy atom. The molecule has 1 aliphatic rings. The van der Waals surface area contributed by atoms with Gasteiger partial charge in [0.25, 0.3) is 0 Å². The molecule has 0 aromatic heterocycles. The Bertz CT molecular complexity index is 491. The van der Waals surface area contributed by atoms with Gasteiger partial charge in [0.15, 0.2) is 0 Å². The number of hydrogen-bond donors (Lipinski definition) is 2. The first kappa shape index (κ1) is 13.6. The van der Waals surface area contributed by atoms with Crippen LogP contribution in [-0.4, -0.2) is 23.7 Å².